The second-order valence-electron chi connectivity index (χ2n) is 4.22. The molecule has 0 heterocycles. The van der Waals surface area contributed by atoms with Gasteiger partial charge in [0.25, 0.3) is 0 Å². The normalized spacial score (nSPS) is 12.6. The molecule has 0 radical (unpaired) electrons. The van der Waals surface area contributed by atoms with E-state index in [0.717, 1.165) is 22.1 Å². The second-order valence-corrected chi connectivity index (χ2v) is 4.22. The van der Waals surface area contributed by atoms with Gasteiger partial charge in [0.05, 0.1) is 13.3 Å². The Kier molecular flexibility index (Phi) is 4.15. The summed E-state index contributed by atoms with van der Waals surface area (Å²) in [6.07, 6.45) is 0.314. The fraction of sp³-hybridized carbons (Fsp3) is 0.333. The van der Waals surface area contributed by atoms with Crippen LogP contribution in [0.2, 0.25) is 0 Å². The third kappa shape index (κ3) is 2.46. The maximum atomic E-state index is 12.5. The predicted molar refractivity (Wildman–Crippen MR) is 72.6 cm³/mol. The van der Waals surface area contributed by atoms with Gasteiger partial charge in [0.15, 0.2) is 0 Å². The summed E-state index contributed by atoms with van der Waals surface area (Å²) in [6, 6.07) is 11.6. The first kappa shape index (κ1) is 12.8. The molecule has 0 bridgehead atoms. The van der Waals surface area contributed by atoms with Gasteiger partial charge in [0.1, 0.15) is 5.75 Å². The van der Waals surface area contributed by atoms with E-state index >= 15 is 0 Å². The Morgan fingerprint density at radius 3 is 2.72 bits per heavy atom. The van der Waals surface area contributed by atoms with Crippen LogP contribution in [0.25, 0.3) is 10.8 Å². The second kappa shape index (κ2) is 5.83. The molecule has 0 aliphatic carbocycles. The molecule has 0 amide bonds. The first-order valence-corrected chi connectivity index (χ1v) is 6.24. The van der Waals surface area contributed by atoms with Crippen LogP contribution in [-0.4, -0.2) is 13.3 Å². The minimum absolute atomic E-state index is 0.314. The molecule has 2 aromatic rings. The number of hydrogen-bond donors (Lipinski definition) is 1. The molecule has 0 saturated carbocycles. The highest BCUT2D eigenvalue weighted by Crippen LogP contribution is 2.33. The van der Waals surface area contributed by atoms with Crippen molar-refractivity contribution in [2.45, 2.75) is 19.4 Å². The van der Waals surface area contributed by atoms with Crippen LogP contribution < -0.4 is 10.5 Å². The predicted octanol–water partition coefficient (Wildman–Crippen LogP) is 3.60. The number of nitrogens with two attached hydrogens (primary N) is 1. The minimum Gasteiger partial charge on any atom is -0.494 e. The number of rotatable bonds is 5. The van der Waals surface area contributed by atoms with Crippen LogP contribution in [0.4, 0.5) is 4.39 Å². The molecular weight excluding hydrogens is 229 g/mol. The smallest absolute Gasteiger partial charge is 0.124 e. The van der Waals surface area contributed by atoms with Gasteiger partial charge in [-0.3, -0.25) is 4.39 Å². The monoisotopic (exact) mass is 247 g/mol. The maximum Gasteiger partial charge on any atom is 0.124 e. The van der Waals surface area contributed by atoms with Crippen molar-refractivity contribution in [2.75, 3.05) is 13.3 Å². The Morgan fingerprint density at radius 1 is 1.22 bits per heavy atom. The van der Waals surface area contributed by atoms with E-state index in [1.54, 1.807) is 0 Å². The molecular formula is C15H18FNO. The number of hydrogen-bond acceptors (Lipinski definition) is 2. The molecule has 0 fully saturated rings. The third-order valence-electron chi connectivity index (χ3n) is 3.02. The standard InChI is InChI=1S/C15H18FNO/c1-2-18-14-8-7-11-5-3-4-6-12(11)15(14)13(17)9-10-16/h3-8,13H,2,9-10,17H2,1H3/t13-/m0/s1. The van der Waals surface area contributed by atoms with Crippen molar-refractivity contribution in [3.8, 4) is 5.75 Å². The van der Waals surface area contributed by atoms with Crippen LogP contribution in [0, 0.1) is 0 Å². The maximum absolute atomic E-state index is 12.5. The lowest BCUT2D eigenvalue weighted by Crippen LogP contribution is -2.13. The fourth-order valence-electron chi connectivity index (χ4n) is 2.20. The van der Waals surface area contributed by atoms with Gasteiger partial charge < -0.3 is 10.5 Å². The molecule has 1 atom stereocenters. The van der Waals surface area contributed by atoms with Crippen LogP contribution in [-0.2, 0) is 0 Å². The first-order valence-electron chi connectivity index (χ1n) is 6.24. The minimum atomic E-state index is -0.421. The molecule has 2 rings (SSSR count). The van der Waals surface area contributed by atoms with Crippen LogP contribution in [0.5, 0.6) is 5.75 Å². The van der Waals surface area contributed by atoms with Gasteiger partial charge in [0.2, 0.25) is 0 Å². The van der Waals surface area contributed by atoms with Crippen molar-refractivity contribution in [3.63, 3.8) is 0 Å². The van der Waals surface area contributed by atoms with Gasteiger partial charge in [-0.25, -0.2) is 0 Å². The Morgan fingerprint density at radius 2 is 2.00 bits per heavy atom. The average Bonchev–Trinajstić information content (AvgIpc) is 2.39. The van der Waals surface area contributed by atoms with E-state index in [1.165, 1.54) is 0 Å². The quantitative estimate of drug-likeness (QED) is 0.876. The van der Waals surface area contributed by atoms with E-state index in [9.17, 15) is 4.39 Å². The van der Waals surface area contributed by atoms with Gasteiger partial charge in [-0.1, -0.05) is 30.3 Å². The average molecular weight is 247 g/mol. The molecule has 3 heteroatoms. The fourth-order valence-corrected chi connectivity index (χ4v) is 2.20. The molecule has 2 nitrogen and oxygen atoms in total. The molecule has 0 aliphatic heterocycles. The van der Waals surface area contributed by atoms with E-state index in [4.69, 9.17) is 10.5 Å². The Hall–Kier alpha value is -1.61. The zero-order valence-electron chi connectivity index (χ0n) is 10.5. The largest absolute Gasteiger partial charge is 0.494 e. The first-order chi connectivity index (χ1) is 8.77. The van der Waals surface area contributed by atoms with E-state index in [2.05, 4.69) is 0 Å². The number of alkyl halides is 1. The molecule has 2 N–H and O–H groups in total. The summed E-state index contributed by atoms with van der Waals surface area (Å²) in [4.78, 5) is 0. The Labute approximate surface area is 107 Å². The van der Waals surface area contributed by atoms with Gasteiger partial charge in [-0.2, -0.15) is 0 Å². The van der Waals surface area contributed by atoms with Crippen molar-refractivity contribution < 1.29 is 9.13 Å². The summed E-state index contributed by atoms with van der Waals surface area (Å²) in [6.45, 7) is 2.09. The lowest BCUT2D eigenvalue weighted by molar-refractivity contribution is 0.332. The molecule has 2 aromatic carbocycles. The molecule has 0 spiro atoms. The van der Waals surface area contributed by atoms with E-state index < -0.39 is 6.67 Å². The van der Waals surface area contributed by atoms with Gasteiger partial charge >= 0.3 is 0 Å². The topological polar surface area (TPSA) is 35.2 Å². The zero-order valence-corrected chi connectivity index (χ0v) is 10.5. The molecule has 96 valence electrons. The lowest BCUT2D eigenvalue weighted by Gasteiger charge is -2.18. The van der Waals surface area contributed by atoms with Crippen molar-refractivity contribution in [1.82, 2.24) is 0 Å². The van der Waals surface area contributed by atoms with Gasteiger partial charge in [-0.15, -0.1) is 0 Å². The highest BCUT2D eigenvalue weighted by atomic mass is 19.1. The van der Waals surface area contributed by atoms with Crippen molar-refractivity contribution in [2.24, 2.45) is 5.73 Å². The summed E-state index contributed by atoms with van der Waals surface area (Å²) in [5, 5.41) is 2.15. The van der Waals surface area contributed by atoms with E-state index in [0.29, 0.717) is 13.0 Å². The molecule has 0 saturated heterocycles. The summed E-state index contributed by atoms with van der Waals surface area (Å²) in [5.41, 5.74) is 6.99. The molecule has 0 aliphatic rings. The van der Waals surface area contributed by atoms with Crippen LogP contribution in [0.3, 0.4) is 0 Å². The zero-order chi connectivity index (χ0) is 13.0. The van der Waals surface area contributed by atoms with Gasteiger partial charge in [-0.05, 0) is 30.2 Å². The number of ether oxygens (including phenoxy) is 1. The Balaban J connectivity index is 2.58. The highest BCUT2D eigenvalue weighted by molar-refractivity contribution is 5.88. The van der Waals surface area contributed by atoms with Crippen LogP contribution in [0.1, 0.15) is 24.9 Å². The number of halogens is 1. The van der Waals surface area contributed by atoms with Crippen LogP contribution in [0.15, 0.2) is 36.4 Å². The number of fused-ring (bicyclic) bond motifs is 1. The van der Waals surface area contributed by atoms with Crippen molar-refractivity contribution in [3.05, 3.63) is 42.0 Å². The summed E-state index contributed by atoms with van der Waals surface area (Å²) >= 11 is 0. The van der Waals surface area contributed by atoms with E-state index in [-0.39, 0.29) is 6.04 Å². The summed E-state index contributed by atoms with van der Waals surface area (Å²) in [7, 11) is 0. The molecule has 0 unspecified atom stereocenters. The molecule has 18 heavy (non-hydrogen) atoms. The van der Waals surface area contributed by atoms with Crippen LogP contribution >= 0.6 is 0 Å². The van der Waals surface area contributed by atoms with Gasteiger partial charge in [0, 0.05) is 11.6 Å². The highest BCUT2D eigenvalue weighted by Gasteiger charge is 2.15. The summed E-state index contributed by atoms with van der Waals surface area (Å²) < 4.78 is 18.1. The SMILES string of the molecule is CCOc1ccc2ccccc2c1[C@@H](N)CCF. The third-order valence-corrected chi connectivity index (χ3v) is 3.02. The number of benzene rings is 2. The van der Waals surface area contributed by atoms with Crippen molar-refractivity contribution in [1.29, 1.82) is 0 Å². The van der Waals surface area contributed by atoms with Crippen molar-refractivity contribution >= 4 is 10.8 Å². The lowest BCUT2D eigenvalue weighted by atomic mass is 9.96. The Bertz CT molecular complexity index is 527. The molecule has 0 aromatic heterocycles. The van der Waals surface area contributed by atoms with E-state index in [1.807, 2.05) is 43.3 Å². The summed E-state index contributed by atoms with van der Waals surface area (Å²) in [5.74, 6) is 0.761.